The first-order chi connectivity index (χ1) is 16.2. The lowest BCUT2D eigenvalue weighted by atomic mass is 10.0. The van der Waals surface area contributed by atoms with Crippen molar-refractivity contribution in [2.75, 3.05) is 54.1 Å². The van der Waals surface area contributed by atoms with Crippen LogP contribution in [0.1, 0.15) is 117 Å². The standard InChI is InChI=1S/C27H58NO5P/c1-6-8-9-10-11-12-13-14-15-16-17-18-19-20-23-31-25-27(21-7-2)26-33-34(29,30)32-24-22-28(3,4)5/h27H,6-26H2,1-5H3/p+1. The van der Waals surface area contributed by atoms with Crippen LogP contribution >= 0.6 is 7.82 Å². The van der Waals surface area contributed by atoms with Gasteiger partial charge in [0.05, 0.1) is 34.4 Å². The molecule has 0 amide bonds. The summed E-state index contributed by atoms with van der Waals surface area (Å²) in [5.74, 6) is 0.124. The Hall–Kier alpha value is 0.0300. The number of hydrogen-bond donors (Lipinski definition) is 1. The molecule has 0 aliphatic carbocycles. The van der Waals surface area contributed by atoms with E-state index in [0.29, 0.717) is 17.6 Å². The summed E-state index contributed by atoms with van der Waals surface area (Å²) in [6.45, 7) is 6.76. The third-order valence-corrected chi connectivity index (χ3v) is 7.17. The first-order valence-corrected chi connectivity index (χ1v) is 15.7. The monoisotopic (exact) mass is 508 g/mol. The van der Waals surface area contributed by atoms with Gasteiger partial charge in [-0.05, 0) is 12.8 Å². The van der Waals surface area contributed by atoms with E-state index < -0.39 is 7.82 Å². The smallest absolute Gasteiger partial charge is 0.381 e. The summed E-state index contributed by atoms with van der Waals surface area (Å²) in [5, 5.41) is 0. The molecule has 0 aromatic carbocycles. The Kier molecular flexibility index (Phi) is 22.3. The number of phosphoric ester groups is 1. The predicted octanol–water partition coefficient (Wildman–Crippen LogP) is 7.74. The molecule has 206 valence electrons. The van der Waals surface area contributed by atoms with E-state index >= 15 is 0 Å². The van der Waals surface area contributed by atoms with Gasteiger partial charge in [-0.3, -0.25) is 9.05 Å². The van der Waals surface area contributed by atoms with Crippen molar-refractivity contribution < 1.29 is 27.7 Å². The Bertz CT molecular complexity index is 484. The summed E-state index contributed by atoms with van der Waals surface area (Å²) in [6.07, 6.45) is 20.8. The van der Waals surface area contributed by atoms with Gasteiger partial charge in [-0.15, -0.1) is 0 Å². The highest BCUT2D eigenvalue weighted by molar-refractivity contribution is 7.47. The molecule has 0 radical (unpaired) electrons. The van der Waals surface area contributed by atoms with Crippen molar-refractivity contribution >= 4 is 7.82 Å². The molecule has 0 bridgehead atoms. The highest BCUT2D eigenvalue weighted by Gasteiger charge is 2.24. The summed E-state index contributed by atoms with van der Waals surface area (Å²) in [4.78, 5) is 9.90. The molecule has 0 aromatic heterocycles. The molecule has 0 heterocycles. The number of ether oxygens (including phenoxy) is 1. The lowest BCUT2D eigenvalue weighted by Crippen LogP contribution is -2.37. The molecule has 0 fully saturated rings. The quantitative estimate of drug-likeness (QED) is 0.0735. The highest BCUT2D eigenvalue weighted by Crippen LogP contribution is 2.43. The van der Waals surface area contributed by atoms with E-state index in [1.54, 1.807) is 0 Å². The SMILES string of the molecule is CCCCCCCCCCCCCCCCOCC(CCC)COP(=O)(O)OCC[N+](C)(C)C. The van der Waals surface area contributed by atoms with E-state index in [1.807, 2.05) is 21.1 Å². The van der Waals surface area contributed by atoms with Gasteiger partial charge in [0.15, 0.2) is 0 Å². The minimum atomic E-state index is -4.00. The highest BCUT2D eigenvalue weighted by atomic mass is 31.2. The van der Waals surface area contributed by atoms with Crippen LogP contribution in [0.2, 0.25) is 0 Å². The minimum absolute atomic E-state index is 0.124. The van der Waals surface area contributed by atoms with Crippen LogP contribution in [-0.2, 0) is 18.3 Å². The van der Waals surface area contributed by atoms with Gasteiger partial charge in [0.1, 0.15) is 13.2 Å². The van der Waals surface area contributed by atoms with Crippen LogP contribution in [0.15, 0.2) is 0 Å². The molecular formula is C27H59NO5P+. The first-order valence-electron chi connectivity index (χ1n) is 14.2. The van der Waals surface area contributed by atoms with E-state index in [-0.39, 0.29) is 19.1 Å². The Morgan fingerprint density at radius 1 is 0.676 bits per heavy atom. The van der Waals surface area contributed by atoms with E-state index in [2.05, 4.69) is 13.8 Å². The fourth-order valence-corrected chi connectivity index (χ4v) is 4.72. The van der Waals surface area contributed by atoms with Gasteiger partial charge in [-0.2, -0.15) is 0 Å². The molecule has 0 saturated carbocycles. The van der Waals surface area contributed by atoms with Crippen molar-refractivity contribution in [2.24, 2.45) is 5.92 Å². The first kappa shape index (κ1) is 34.0. The summed E-state index contributed by atoms with van der Waals surface area (Å²) >= 11 is 0. The van der Waals surface area contributed by atoms with Crippen molar-refractivity contribution in [1.29, 1.82) is 0 Å². The van der Waals surface area contributed by atoms with Crippen LogP contribution in [0.3, 0.4) is 0 Å². The van der Waals surface area contributed by atoms with Crippen molar-refractivity contribution in [3.05, 3.63) is 0 Å². The molecule has 0 aromatic rings. The molecule has 2 atom stereocenters. The molecule has 7 heteroatoms. The van der Waals surface area contributed by atoms with Crippen LogP contribution < -0.4 is 0 Å². The Morgan fingerprint density at radius 2 is 1.18 bits per heavy atom. The van der Waals surface area contributed by atoms with E-state index in [0.717, 1.165) is 25.9 Å². The number of likely N-dealkylation sites (N-methyl/N-ethyl adjacent to an activating group) is 1. The maximum Gasteiger partial charge on any atom is 0.472 e. The number of phosphoric acid groups is 1. The molecule has 2 unspecified atom stereocenters. The van der Waals surface area contributed by atoms with E-state index in [4.69, 9.17) is 13.8 Å². The van der Waals surface area contributed by atoms with Crippen LogP contribution in [0.4, 0.5) is 0 Å². The Balaban J connectivity index is 3.65. The van der Waals surface area contributed by atoms with Crippen LogP contribution in [0.25, 0.3) is 0 Å². The third kappa shape index (κ3) is 25.1. The topological polar surface area (TPSA) is 65.0 Å². The second kappa shape index (κ2) is 22.2. The summed E-state index contributed by atoms with van der Waals surface area (Å²) < 4.78 is 29.0. The second-order valence-electron chi connectivity index (χ2n) is 10.9. The fraction of sp³-hybridized carbons (Fsp3) is 1.00. The van der Waals surface area contributed by atoms with E-state index in [1.165, 1.54) is 83.5 Å². The van der Waals surface area contributed by atoms with Crippen molar-refractivity contribution in [2.45, 2.75) is 117 Å². The van der Waals surface area contributed by atoms with Crippen molar-refractivity contribution in [3.63, 3.8) is 0 Å². The maximum atomic E-state index is 12.1. The molecule has 6 nitrogen and oxygen atoms in total. The van der Waals surface area contributed by atoms with Crippen molar-refractivity contribution in [3.8, 4) is 0 Å². The van der Waals surface area contributed by atoms with Gasteiger partial charge in [-0.25, -0.2) is 4.57 Å². The van der Waals surface area contributed by atoms with Gasteiger partial charge in [0.25, 0.3) is 0 Å². The zero-order valence-electron chi connectivity index (χ0n) is 23.4. The number of quaternary nitrogens is 1. The Labute approximate surface area is 212 Å². The largest absolute Gasteiger partial charge is 0.472 e. The molecule has 34 heavy (non-hydrogen) atoms. The molecule has 0 spiro atoms. The average Bonchev–Trinajstić information content (AvgIpc) is 2.76. The summed E-state index contributed by atoms with van der Waals surface area (Å²) in [6, 6.07) is 0. The predicted molar refractivity (Wildman–Crippen MR) is 144 cm³/mol. The maximum absolute atomic E-state index is 12.1. The second-order valence-corrected chi connectivity index (χ2v) is 12.4. The number of nitrogens with zero attached hydrogens (tertiary/aromatic N) is 1. The van der Waals surface area contributed by atoms with E-state index in [9.17, 15) is 9.46 Å². The molecular weight excluding hydrogens is 449 g/mol. The van der Waals surface area contributed by atoms with Gasteiger partial charge in [0, 0.05) is 12.5 Å². The van der Waals surface area contributed by atoms with Gasteiger partial charge in [0.2, 0.25) is 0 Å². The zero-order chi connectivity index (χ0) is 25.5. The molecule has 0 aliphatic rings. The van der Waals surface area contributed by atoms with Crippen LogP contribution in [0.5, 0.6) is 0 Å². The average molecular weight is 509 g/mol. The molecule has 1 N–H and O–H groups in total. The summed E-state index contributed by atoms with van der Waals surface area (Å²) in [5.41, 5.74) is 0. The van der Waals surface area contributed by atoms with Crippen molar-refractivity contribution in [1.82, 2.24) is 0 Å². The fourth-order valence-electron chi connectivity index (χ4n) is 3.94. The van der Waals surface area contributed by atoms with Crippen LogP contribution in [0, 0.1) is 5.92 Å². The molecule has 0 aliphatic heterocycles. The zero-order valence-corrected chi connectivity index (χ0v) is 24.3. The number of hydrogen-bond acceptors (Lipinski definition) is 4. The van der Waals surface area contributed by atoms with Gasteiger partial charge < -0.3 is 14.1 Å². The van der Waals surface area contributed by atoms with Gasteiger partial charge >= 0.3 is 7.82 Å². The number of unbranched alkanes of at least 4 members (excludes halogenated alkanes) is 13. The lowest BCUT2D eigenvalue weighted by molar-refractivity contribution is -0.870. The number of rotatable bonds is 26. The summed E-state index contributed by atoms with van der Waals surface area (Å²) in [7, 11) is 2.04. The van der Waals surface area contributed by atoms with Gasteiger partial charge in [-0.1, -0.05) is 104 Å². The molecule has 0 saturated heterocycles. The normalized spacial score (nSPS) is 14.9. The lowest BCUT2D eigenvalue weighted by Gasteiger charge is -2.24. The van der Waals surface area contributed by atoms with Crippen LogP contribution in [-0.4, -0.2) is 63.5 Å². The molecule has 0 rings (SSSR count). The minimum Gasteiger partial charge on any atom is -0.381 e. The third-order valence-electron chi connectivity index (χ3n) is 6.18. The Morgan fingerprint density at radius 3 is 1.65 bits per heavy atom.